The van der Waals surface area contributed by atoms with Crippen LogP contribution in [0, 0.1) is 6.92 Å². The van der Waals surface area contributed by atoms with Crippen LogP contribution in [0.5, 0.6) is 5.88 Å². The molecule has 2 aromatic heterocycles. The summed E-state index contributed by atoms with van der Waals surface area (Å²) in [5, 5.41) is 6.67. The molecule has 1 aliphatic heterocycles. The van der Waals surface area contributed by atoms with E-state index in [1.54, 1.807) is 13.0 Å². The first-order chi connectivity index (χ1) is 17.5. The molecular weight excluding hydrogens is 494 g/mol. The maximum atomic E-state index is 15.5. The van der Waals surface area contributed by atoms with Crippen molar-refractivity contribution < 1.29 is 31.6 Å². The zero-order valence-corrected chi connectivity index (χ0v) is 21.1. The van der Waals surface area contributed by atoms with Crippen LogP contribution >= 0.6 is 0 Å². The van der Waals surface area contributed by atoms with E-state index in [4.69, 9.17) is 9.26 Å². The fourth-order valence-corrected chi connectivity index (χ4v) is 4.87. The highest BCUT2D eigenvalue weighted by Crippen LogP contribution is 2.35. The van der Waals surface area contributed by atoms with E-state index < -0.39 is 17.9 Å². The monoisotopic (exact) mass is 527 g/mol. The van der Waals surface area contributed by atoms with Gasteiger partial charge in [0, 0.05) is 50.8 Å². The molecule has 0 aromatic carbocycles. The molecule has 0 spiro atoms. The maximum absolute atomic E-state index is 15.5. The zero-order valence-electron chi connectivity index (χ0n) is 21.1. The summed E-state index contributed by atoms with van der Waals surface area (Å²) in [6.45, 7) is 4.60. The highest BCUT2D eigenvalue weighted by molar-refractivity contribution is 5.78. The third-order valence-electron chi connectivity index (χ3n) is 7.17. The molecule has 4 rings (SSSR count). The minimum atomic E-state index is -4.45. The first-order valence-electron chi connectivity index (χ1n) is 12.7. The molecule has 1 amide bonds. The summed E-state index contributed by atoms with van der Waals surface area (Å²) >= 11 is 0. The van der Waals surface area contributed by atoms with E-state index >= 15 is 4.39 Å². The van der Waals surface area contributed by atoms with E-state index in [-0.39, 0.29) is 24.2 Å². The SMILES string of the molecule is Cc1nc(CC(=O)NC2CCC(F)(CCN3CCc4ccc(OC(C)C(F)(F)F)nc4CC3)CC2)no1. The van der Waals surface area contributed by atoms with Gasteiger partial charge in [-0.1, -0.05) is 11.2 Å². The fraction of sp³-hybridized carbons (Fsp3) is 0.680. The number of rotatable bonds is 8. The number of pyridine rings is 1. The minimum Gasteiger partial charge on any atom is -0.465 e. The van der Waals surface area contributed by atoms with Crippen LogP contribution in [-0.4, -0.2) is 69.6 Å². The van der Waals surface area contributed by atoms with Crippen molar-refractivity contribution >= 4 is 5.91 Å². The number of nitrogens with one attached hydrogen (secondary N) is 1. The highest BCUT2D eigenvalue weighted by atomic mass is 19.4. The molecule has 8 nitrogen and oxygen atoms in total. The standard InChI is InChI=1S/C25H33F4N5O3/c1-16(25(27,28)29)36-23-4-3-18-7-12-34(13-8-20(18)32-23)14-11-24(26)9-5-19(6-10-24)31-22(35)15-21-30-17(2)37-33-21/h3-4,16,19H,5-15H2,1-2H3,(H,31,35). The second-order valence-electron chi connectivity index (χ2n) is 10.0. The number of hydrogen-bond donors (Lipinski definition) is 1. The number of alkyl halides is 4. The molecule has 1 unspecified atom stereocenters. The molecule has 0 saturated heterocycles. The van der Waals surface area contributed by atoms with E-state index in [1.165, 1.54) is 6.07 Å². The number of nitrogens with zero attached hydrogens (tertiary/aromatic N) is 4. The van der Waals surface area contributed by atoms with Crippen LogP contribution in [0.15, 0.2) is 16.7 Å². The molecule has 37 heavy (non-hydrogen) atoms. The molecule has 1 aliphatic carbocycles. The summed E-state index contributed by atoms with van der Waals surface area (Å²) in [4.78, 5) is 22.8. The highest BCUT2D eigenvalue weighted by Gasteiger charge is 2.38. The van der Waals surface area contributed by atoms with Crippen molar-refractivity contribution in [3.05, 3.63) is 35.1 Å². The quantitative estimate of drug-likeness (QED) is 0.521. The van der Waals surface area contributed by atoms with Crippen molar-refractivity contribution in [1.82, 2.24) is 25.3 Å². The van der Waals surface area contributed by atoms with Crippen LogP contribution in [0.25, 0.3) is 0 Å². The summed E-state index contributed by atoms with van der Waals surface area (Å²) in [5.41, 5.74) is 0.436. The third-order valence-corrected chi connectivity index (χ3v) is 7.17. The molecule has 1 fully saturated rings. The summed E-state index contributed by atoms with van der Waals surface area (Å²) in [7, 11) is 0. The molecule has 3 heterocycles. The van der Waals surface area contributed by atoms with Gasteiger partial charge in [-0.25, -0.2) is 9.37 Å². The van der Waals surface area contributed by atoms with Gasteiger partial charge < -0.3 is 19.5 Å². The Morgan fingerprint density at radius 3 is 2.65 bits per heavy atom. The Bertz CT molecular complexity index is 1070. The van der Waals surface area contributed by atoms with Gasteiger partial charge in [0.25, 0.3) is 0 Å². The molecule has 1 atom stereocenters. The number of aryl methyl sites for hydroxylation is 1. The largest absolute Gasteiger partial charge is 0.465 e. The second-order valence-corrected chi connectivity index (χ2v) is 10.0. The molecular formula is C25H33F4N5O3. The van der Waals surface area contributed by atoms with Gasteiger partial charge in [0.2, 0.25) is 17.7 Å². The minimum absolute atomic E-state index is 0.0315. The summed E-state index contributed by atoms with van der Waals surface area (Å²) in [6, 6.07) is 3.18. The number of halogens is 4. The smallest absolute Gasteiger partial charge is 0.425 e. The Labute approximate surface area is 213 Å². The van der Waals surface area contributed by atoms with Crippen LogP contribution in [-0.2, 0) is 24.1 Å². The second kappa shape index (κ2) is 11.3. The Kier molecular flexibility index (Phi) is 8.35. The van der Waals surface area contributed by atoms with Gasteiger partial charge >= 0.3 is 6.18 Å². The molecule has 204 valence electrons. The van der Waals surface area contributed by atoms with Crippen LogP contribution in [0.4, 0.5) is 17.6 Å². The molecule has 1 N–H and O–H groups in total. The molecule has 2 aliphatic rings. The number of carbonyl (C=O) groups is 1. The van der Waals surface area contributed by atoms with E-state index in [0.717, 1.165) is 24.7 Å². The molecule has 0 radical (unpaired) electrons. The number of hydrogen-bond acceptors (Lipinski definition) is 7. The van der Waals surface area contributed by atoms with Gasteiger partial charge in [-0.2, -0.15) is 18.2 Å². The summed E-state index contributed by atoms with van der Waals surface area (Å²) in [5.74, 6) is 0.508. The van der Waals surface area contributed by atoms with Gasteiger partial charge in [-0.05, 0) is 51.0 Å². The van der Waals surface area contributed by atoms with Crippen molar-refractivity contribution in [2.75, 3.05) is 19.6 Å². The third kappa shape index (κ3) is 7.62. The van der Waals surface area contributed by atoms with Crippen LogP contribution in [0.1, 0.15) is 62.0 Å². The van der Waals surface area contributed by atoms with E-state index in [1.807, 2.05) is 0 Å². The summed E-state index contributed by atoms with van der Waals surface area (Å²) in [6.07, 6.45) is -2.77. The topological polar surface area (TPSA) is 93.4 Å². The average molecular weight is 528 g/mol. The van der Waals surface area contributed by atoms with E-state index in [2.05, 4.69) is 25.3 Å². The van der Waals surface area contributed by atoms with Crippen molar-refractivity contribution in [3.8, 4) is 5.88 Å². The Morgan fingerprint density at radius 2 is 1.97 bits per heavy atom. The maximum Gasteiger partial charge on any atom is 0.425 e. The van der Waals surface area contributed by atoms with Gasteiger partial charge in [0.15, 0.2) is 11.9 Å². The molecule has 0 bridgehead atoms. The number of aromatic nitrogens is 3. The van der Waals surface area contributed by atoms with Gasteiger partial charge in [0.1, 0.15) is 5.67 Å². The van der Waals surface area contributed by atoms with Crippen LogP contribution in [0.2, 0.25) is 0 Å². The first kappa shape index (κ1) is 27.3. The number of ether oxygens (including phenoxy) is 1. The Hall–Kier alpha value is -2.76. The summed E-state index contributed by atoms with van der Waals surface area (Å²) < 4.78 is 63.8. The van der Waals surface area contributed by atoms with Crippen molar-refractivity contribution in [1.29, 1.82) is 0 Å². The molecule has 1 saturated carbocycles. The predicted molar refractivity (Wildman–Crippen MR) is 126 cm³/mol. The van der Waals surface area contributed by atoms with Gasteiger partial charge in [0.05, 0.1) is 6.42 Å². The Morgan fingerprint density at radius 1 is 1.24 bits per heavy atom. The average Bonchev–Trinajstić information content (AvgIpc) is 3.13. The van der Waals surface area contributed by atoms with Crippen LogP contribution < -0.4 is 10.1 Å². The van der Waals surface area contributed by atoms with Crippen molar-refractivity contribution in [3.63, 3.8) is 0 Å². The van der Waals surface area contributed by atoms with E-state index in [0.29, 0.717) is 69.8 Å². The van der Waals surface area contributed by atoms with Gasteiger partial charge in [-0.3, -0.25) is 4.79 Å². The lowest BCUT2D eigenvalue weighted by atomic mass is 9.81. The molecule has 2 aromatic rings. The lowest BCUT2D eigenvalue weighted by Gasteiger charge is -2.35. The first-order valence-corrected chi connectivity index (χ1v) is 12.7. The zero-order chi connectivity index (χ0) is 26.6. The van der Waals surface area contributed by atoms with E-state index in [9.17, 15) is 18.0 Å². The number of amides is 1. The predicted octanol–water partition coefficient (Wildman–Crippen LogP) is 3.90. The van der Waals surface area contributed by atoms with Crippen molar-refractivity contribution in [2.45, 2.75) is 89.2 Å². The molecule has 12 heteroatoms. The lowest BCUT2D eigenvalue weighted by Crippen LogP contribution is -2.43. The normalized spacial score (nSPS) is 23.7. The van der Waals surface area contributed by atoms with Gasteiger partial charge in [-0.15, -0.1) is 0 Å². The number of carbonyl (C=O) groups excluding carboxylic acids is 1. The lowest BCUT2D eigenvalue weighted by molar-refractivity contribution is -0.190. The van der Waals surface area contributed by atoms with Crippen molar-refractivity contribution in [2.24, 2.45) is 0 Å². The van der Waals surface area contributed by atoms with Crippen LogP contribution in [0.3, 0.4) is 0 Å². The number of fused-ring (bicyclic) bond motifs is 1. The Balaban J connectivity index is 1.21. The fourth-order valence-electron chi connectivity index (χ4n) is 4.87.